The van der Waals surface area contributed by atoms with Crippen molar-refractivity contribution in [3.8, 4) is 0 Å². The summed E-state index contributed by atoms with van der Waals surface area (Å²) in [6.45, 7) is 4.93. The van der Waals surface area contributed by atoms with Gasteiger partial charge in [-0.3, -0.25) is 14.4 Å². The first kappa shape index (κ1) is 18.7. The molecule has 1 heterocycles. The van der Waals surface area contributed by atoms with E-state index in [1.165, 1.54) is 6.08 Å². The van der Waals surface area contributed by atoms with E-state index in [0.717, 1.165) is 18.4 Å². The number of hydrogen-bond acceptors (Lipinski definition) is 3. The largest absolute Gasteiger partial charge is 0.349 e. The molecule has 6 heteroatoms. The Morgan fingerprint density at radius 3 is 2.56 bits per heavy atom. The molecule has 2 rings (SSSR count). The van der Waals surface area contributed by atoms with E-state index in [4.69, 9.17) is 0 Å². The number of nitrogens with one attached hydrogen (secondary N) is 1. The molecular weight excluding hydrogens is 318 g/mol. The van der Waals surface area contributed by atoms with Gasteiger partial charge in [-0.2, -0.15) is 0 Å². The van der Waals surface area contributed by atoms with Crippen LogP contribution in [0.5, 0.6) is 0 Å². The fourth-order valence-corrected chi connectivity index (χ4v) is 2.94. The van der Waals surface area contributed by atoms with Crippen LogP contribution in [0.1, 0.15) is 28.8 Å². The Bertz CT molecular complexity index is 652. The Morgan fingerprint density at radius 2 is 1.96 bits per heavy atom. The fraction of sp³-hybridized carbons (Fsp3) is 0.421. The zero-order valence-electron chi connectivity index (χ0n) is 14.8. The summed E-state index contributed by atoms with van der Waals surface area (Å²) < 4.78 is 0. The lowest BCUT2D eigenvalue weighted by molar-refractivity contribution is -0.134. The maximum Gasteiger partial charge on any atom is 0.253 e. The van der Waals surface area contributed by atoms with Crippen molar-refractivity contribution in [2.45, 2.75) is 19.4 Å². The van der Waals surface area contributed by atoms with Crippen molar-refractivity contribution in [3.63, 3.8) is 0 Å². The van der Waals surface area contributed by atoms with Crippen LogP contribution in [0.25, 0.3) is 0 Å². The molecule has 25 heavy (non-hydrogen) atoms. The van der Waals surface area contributed by atoms with E-state index in [1.807, 2.05) is 12.1 Å². The number of likely N-dealkylation sites (tertiary alicyclic amines) is 1. The summed E-state index contributed by atoms with van der Waals surface area (Å²) in [5, 5.41) is 2.70. The predicted molar refractivity (Wildman–Crippen MR) is 95.8 cm³/mol. The van der Waals surface area contributed by atoms with Gasteiger partial charge in [0.1, 0.15) is 0 Å². The number of carbonyl (C=O) groups is 3. The Labute approximate surface area is 148 Å². The summed E-state index contributed by atoms with van der Waals surface area (Å²) in [5.41, 5.74) is 1.50. The topological polar surface area (TPSA) is 69.7 Å². The van der Waals surface area contributed by atoms with Gasteiger partial charge in [0.05, 0.1) is 5.92 Å². The number of benzene rings is 1. The van der Waals surface area contributed by atoms with Gasteiger partial charge >= 0.3 is 0 Å². The van der Waals surface area contributed by atoms with E-state index >= 15 is 0 Å². The van der Waals surface area contributed by atoms with E-state index in [9.17, 15) is 14.4 Å². The van der Waals surface area contributed by atoms with E-state index in [0.29, 0.717) is 25.2 Å². The fourth-order valence-electron chi connectivity index (χ4n) is 2.94. The highest BCUT2D eigenvalue weighted by Gasteiger charge is 2.29. The first-order chi connectivity index (χ1) is 11.9. The zero-order valence-corrected chi connectivity index (χ0v) is 14.8. The molecule has 0 saturated carbocycles. The van der Waals surface area contributed by atoms with Gasteiger partial charge in [-0.1, -0.05) is 18.7 Å². The van der Waals surface area contributed by atoms with E-state index in [2.05, 4.69) is 11.9 Å². The third kappa shape index (κ3) is 4.92. The van der Waals surface area contributed by atoms with Crippen molar-refractivity contribution in [1.82, 2.24) is 15.1 Å². The molecule has 0 aromatic heterocycles. The van der Waals surface area contributed by atoms with Crippen LogP contribution < -0.4 is 5.32 Å². The number of amides is 3. The molecule has 1 fully saturated rings. The minimum atomic E-state index is -0.231. The van der Waals surface area contributed by atoms with Gasteiger partial charge in [-0.05, 0) is 36.6 Å². The molecular formula is C19H25N3O3. The molecule has 1 aliphatic heterocycles. The molecule has 0 radical (unpaired) electrons. The van der Waals surface area contributed by atoms with Crippen LogP contribution in [0, 0.1) is 5.92 Å². The molecule has 0 spiro atoms. The number of hydrogen-bond donors (Lipinski definition) is 1. The molecule has 0 bridgehead atoms. The van der Waals surface area contributed by atoms with Crippen molar-refractivity contribution < 1.29 is 14.4 Å². The van der Waals surface area contributed by atoms with E-state index < -0.39 is 0 Å². The summed E-state index contributed by atoms with van der Waals surface area (Å²) >= 11 is 0. The Kier molecular flexibility index (Phi) is 6.33. The van der Waals surface area contributed by atoms with Crippen molar-refractivity contribution in [3.05, 3.63) is 48.0 Å². The SMILES string of the molecule is C=CC(=O)NCc1ccc(C(=O)N2CCCC(C(=O)N(C)C)C2)cc1. The van der Waals surface area contributed by atoms with Crippen LogP contribution in [-0.2, 0) is 16.1 Å². The summed E-state index contributed by atoms with van der Waals surface area (Å²) in [4.78, 5) is 39.3. The second-order valence-electron chi connectivity index (χ2n) is 6.44. The third-order valence-corrected chi connectivity index (χ3v) is 4.35. The average Bonchev–Trinajstić information content (AvgIpc) is 2.65. The smallest absolute Gasteiger partial charge is 0.253 e. The van der Waals surface area contributed by atoms with Gasteiger partial charge in [0, 0.05) is 39.3 Å². The minimum absolute atomic E-state index is 0.0575. The van der Waals surface area contributed by atoms with Crippen LogP contribution >= 0.6 is 0 Å². The highest BCUT2D eigenvalue weighted by atomic mass is 16.2. The van der Waals surface area contributed by atoms with Gasteiger partial charge in [-0.15, -0.1) is 0 Å². The lowest BCUT2D eigenvalue weighted by Crippen LogP contribution is -2.45. The van der Waals surface area contributed by atoms with Crippen molar-refractivity contribution >= 4 is 17.7 Å². The standard InChI is InChI=1S/C19H25N3O3/c1-4-17(23)20-12-14-7-9-15(10-8-14)19(25)22-11-5-6-16(13-22)18(24)21(2)3/h4,7-10,16H,1,5-6,11-13H2,2-3H3,(H,20,23). The van der Waals surface area contributed by atoms with Crippen LogP contribution in [0.15, 0.2) is 36.9 Å². The van der Waals surface area contributed by atoms with Gasteiger partial charge in [-0.25, -0.2) is 0 Å². The van der Waals surface area contributed by atoms with E-state index in [1.54, 1.807) is 36.0 Å². The van der Waals surface area contributed by atoms with Crippen LogP contribution in [0.4, 0.5) is 0 Å². The Hall–Kier alpha value is -2.63. The Morgan fingerprint density at radius 1 is 1.28 bits per heavy atom. The van der Waals surface area contributed by atoms with Crippen LogP contribution in [0.2, 0.25) is 0 Å². The average molecular weight is 343 g/mol. The maximum atomic E-state index is 12.7. The van der Waals surface area contributed by atoms with Gasteiger partial charge in [0.2, 0.25) is 11.8 Å². The highest BCUT2D eigenvalue weighted by Crippen LogP contribution is 2.20. The van der Waals surface area contributed by atoms with Gasteiger partial charge in [0.15, 0.2) is 0 Å². The molecule has 6 nitrogen and oxygen atoms in total. The predicted octanol–water partition coefficient (Wildman–Crippen LogP) is 1.43. The number of nitrogens with zero attached hydrogens (tertiary/aromatic N) is 2. The van der Waals surface area contributed by atoms with E-state index in [-0.39, 0.29) is 23.6 Å². The van der Waals surface area contributed by atoms with Crippen molar-refractivity contribution in [2.75, 3.05) is 27.2 Å². The summed E-state index contributed by atoms with van der Waals surface area (Å²) in [6.07, 6.45) is 2.88. The molecule has 3 amide bonds. The zero-order chi connectivity index (χ0) is 18.4. The quantitative estimate of drug-likeness (QED) is 0.822. The Balaban J connectivity index is 1.98. The lowest BCUT2D eigenvalue weighted by Gasteiger charge is -2.33. The lowest BCUT2D eigenvalue weighted by atomic mass is 9.96. The molecule has 1 aromatic rings. The first-order valence-corrected chi connectivity index (χ1v) is 8.42. The summed E-state index contributed by atoms with van der Waals surface area (Å²) in [7, 11) is 3.49. The van der Waals surface area contributed by atoms with Crippen molar-refractivity contribution in [2.24, 2.45) is 5.92 Å². The molecule has 1 aromatic carbocycles. The molecule has 0 aliphatic carbocycles. The minimum Gasteiger partial charge on any atom is -0.349 e. The molecule has 1 unspecified atom stereocenters. The molecule has 1 atom stereocenters. The number of rotatable bonds is 5. The molecule has 134 valence electrons. The second kappa shape index (κ2) is 8.46. The molecule has 1 saturated heterocycles. The normalized spacial score (nSPS) is 16.9. The maximum absolute atomic E-state index is 12.7. The summed E-state index contributed by atoms with van der Waals surface area (Å²) in [6, 6.07) is 7.16. The van der Waals surface area contributed by atoms with Crippen LogP contribution in [-0.4, -0.2) is 54.7 Å². The van der Waals surface area contributed by atoms with Crippen molar-refractivity contribution in [1.29, 1.82) is 0 Å². The van der Waals surface area contributed by atoms with Gasteiger partial charge < -0.3 is 15.1 Å². The first-order valence-electron chi connectivity index (χ1n) is 8.42. The molecule has 1 N–H and O–H groups in total. The second-order valence-corrected chi connectivity index (χ2v) is 6.44. The van der Waals surface area contributed by atoms with Crippen LogP contribution in [0.3, 0.4) is 0 Å². The monoisotopic (exact) mass is 343 g/mol. The highest BCUT2D eigenvalue weighted by molar-refractivity contribution is 5.94. The molecule has 1 aliphatic rings. The third-order valence-electron chi connectivity index (χ3n) is 4.35. The number of piperidine rings is 1. The summed E-state index contributed by atoms with van der Waals surface area (Å²) in [5.74, 6) is -0.338. The van der Waals surface area contributed by atoms with Gasteiger partial charge in [0.25, 0.3) is 5.91 Å². The number of carbonyl (C=O) groups excluding carboxylic acids is 3.